The van der Waals surface area contributed by atoms with Crippen LogP contribution >= 0.6 is 11.3 Å². The van der Waals surface area contributed by atoms with Gasteiger partial charge in [-0.2, -0.15) is 4.57 Å². The van der Waals surface area contributed by atoms with E-state index in [4.69, 9.17) is 0 Å². The second-order valence-electron chi connectivity index (χ2n) is 3.53. The molecule has 0 unspecified atom stereocenters. The second-order valence-corrected chi connectivity index (χ2v) is 4.29. The molecule has 0 spiro atoms. The van der Waals surface area contributed by atoms with Crippen molar-refractivity contribution in [2.24, 2.45) is 0 Å². The van der Waals surface area contributed by atoms with Gasteiger partial charge in [-0.05, 0) is 6.42 Å². The molecule has 2 heteroatoms. The first-order valence-electron chi connectivity index (χ1n) is 5.34. The third-order valence-corrected chi connectivity index (χ3v) is 2.97. The minimum Gasteiger partial charge on any atom is -0.195 e. The number of nitrogens with zero attached hydrogens (tertiary/aromatic N) is 1. The summed E-state index contributed by atoms with van der Waals surface area (Å²) in [6.07, 6.45) is 10.5. The van der Waals surface area contributed by atoms with Crippen molar-refractivity contribution in [1.82, 2.24) is 0 Å². The van der Waals surface area contributed by atoms with Crippen LogP contribution in [-0.4, -0.2) is 0 Å². The summed E-state index contributed by atoms with van der Waals surface area (Å²) >= 11 is 1.77. The highest BCUT2D eigenvalue weighted by Gasteiger charge is 1.98. The molecule has 0 aliphatic heterocycles. The normalized spacial score (nSPS) is 10.5. The summed E-state index contributed by atoms with van der Waals surface area (Å²) in [5.41, 5.74) is 2.19. The van der Waals surface area contributed by atoms with Crippen LogP contribution < -0.4 is 4.57 Å². The molecule has 1 rings (SSSR count). The van der Waals surface area contributed by atoms with Crippen molar-refractivity contribution in [3.8, 4) is 0 Å². The molecule has 0 atom stereocenters. The number of hydrogen-bond acceptors (Lipinski definition) is 1. The summed E-state index contributed by atoms with van der Waals surface area (Å²) < 4.78 is 2.28. The number of unbranched alkanes of at least 4 members (excludes halogenated alkanes) is 5. The van der Waals surface area contributed by atoms with Crippen LogP contribution in [0.15, 0.2) is 17.1 Å². The van der Waals surface area contributed by atoms with E-state index in [0.29, 0.717) is 0 Å². The van der Waals surface area contributed by atoms with Crippen molar-refractivity contribution in [1.29, 1.82) is 0 Å². The summed E-state index contributed by atoms with van der Waals surface area (Å²) in [5.74, 6) is 0. The van der Waals surface area contributed by atoms with Gasteiger partial charge in [-0.25, -0.2) is 0 Å². The molecule has 0 aliphatic rings. The summed E-state index contributed by atoms with van der Waals surface area (Å²) in [5, 5.41) is 2.14. The highest BCUT2D eigenvalue weighted by Crippen LogP contribution is 2.04. The van der Waals surface area contributed by atoms with Crippen LogP contribution in [0.3, 0.4) is 0 Å². The average Bonchev–Trinajstić information content (AvgIpc) is 2.63. The zero-order valence-electron chi connectivity index (χ0n) is 8.54. The van der Waals surface area contributed by atoms with E-state index >= 15 is 0 Å². The summed E-state index contributed by atoms with van der Waals surface area (Å²) in [6, 6.07) is 0. The number of hydrogen-bond donors (Lipinski definition) is 0. The number of aryl methyl sites for hydroxylation is 1. The molecule has 0 saturated heterocycles. The smallest absolute Gasteiger partial charge is 0.195 e. The van der Waals surface area contributed by atoms with E-state index in [-0.39, 0.29) is 0 Å². The van der Waals surface area contributed by atoms with Crippen molar-refractivity contribution in [2.75, 3.05) is 0 Å². The molecule has 1 aromatic heterocycles. The van der Waals surface area contributed by atoms with Crippen LogP contribution in [0.5, 0.6) is 0 Å². The SMILES string of the molecule is CCCCCCCC[n+]1ccsc1. The molecule has 0 fully saturated rings. The van der Waals surface area contributed by atoms with E-state index in [1.54, 1.807) is 11.3 Å². The molecule has 0 N–H and O–H groups in total. The first-order chi connectivity index (χ1) is 6.43. The summed E-state index contributed by atoms with van der Waals surface area (Å²) in [4.78, 5) is 0. The first kappa shape index (κ1) is 10.7. The lowest BCUT2D eigenvalue weighted by Crippen LogP contribution is -2.29. The van der Waals surface area contributed by atoms with Crippen molar-refractivity contribution in [3.05, 3.63) is 17.1 Å². The Hall–Kier alpha value is -0.370. The van der Waals surface area contributed by atoms with Gasteiger partial charge in [0.25, 0.3) is 0 Å². The number of aromatic nitrogens is 1. The maximum Gasteiger partial charge on any atom is 0.224 e. The van der Waals surface area contributed by atoms with Gasteiger partial charge in [-0.15, -0.1) is 0 Å². The van der Waals surface area contributed by atoms with Crippen molar-refractivity contribution >= 4 is 11.3 Å². The topological polar surface area (TPSA) is 3.88 Å². The third kappa shape index (κ3) is 5.04. The minimum atomic E-state index is 1.20. The molecule has 0 saturated carbocycles. The van der Waals surface area contributed by atoms with E-state index in [1.165, 1.54) is 45.1 Å². The average molecular weight is 198 g/mol. The maximum absolute atomic E-state index is 2.28. The lowest BCUT2D eigenvalue weighted by molar-refractivity contribution is -0.692. The fraction of sp³-hybridized carbons (Fsp3) is 0.727. The summed E-state index contributed by atoms with van der Waals surface area (Å²) in [7, 11) is 0. The molecule has 13 heavy (non-hydrogen) atoms. The van der Waals surface area contributed by atoms with Crippen molar-refractivity contribution < 1.29 is 4.57 Å². The Kier molecular flexibility index (Phi) is 5.83. The largest absolute Gasteiger partial charge is 0.224 e. The Morgan fingerprint density at radius 3 is 2.54 bits per heavy atom. The molecular weight excluding hydrogens is 178 g/mol. The van der Waals surface area contributed by atoms with E-state index in [1.807, 2.05) is 0 Å². The van der Waals surface area contributed by atoms with Gasteiger partial charge in [0.1, 0.15) is 6.54 Å². The van der Waals surface area contributed by atoms with E-state index < -0.39 is 0 Å². The fourth-order valence-corrected chi connectivity index (χ4v) is 2.09. The predicted molar refractivity (Wildman–Crippen MR) is 57.9 cm³/mol. The zero-order valence-corrected chi connectivity index (χ0v) is 9.35. The van der Waals surface area contributed by atoms with Gasteiger partial charge >= 0.3 is 0 Å². The first-order valence-corrected chi connectivity index (χ1v) is 6.29. The molecule has 1 aromatic rings. The molecule has 0 bridgehead atoms. The highest BCUT2D eigenvalue weighted by molar-refractivity contribution is 7.07. The van der Waals surface area contributed by atoms with Gasteiger partial charge in [0.05, 0.1) is 5.38 Å². The quantitative estimate of drug-likeness (QED) is 0.467. The van der Waals surface area contributed by atoms with Gasteiger partial charge in [0.2, 0.25) is 5.51 Å². The molecule has 1 heterocycles. The van der Waals surface area contributed by atoms with Crippen LogP contribution in [0.2, 0.25) is 0 Å². The van der Waals surface area contributed by atoms with E-state index in [9.17, 15) is 0 Å². The van der Waals surface area contributed by atoms with Crippen LogP contribution in [0.25, 0.3) is 0 Å². The van der Waals surface area contributed by atoms with Gasteiger partial charge < -0.3 is 0 Å². The third-order valence-electron chi connectivity index (χ3n) is 2.30. The van der Waals surface area contributed by atoms with E-state index in [2.05, 4.69) is 28.6 Å². The Labute approximate surface area is 85.4 Å². The molecule has 0 amide bonds. The molecule has 0 aliphatic carbocycles. The number of thiazole rings is 1. The maximum atomic E-state index is 2.28. The predicted octanol–water partition coefficient (Wildman–Crippen LogP) is 3.40. The lowest BCUT2D eigenvalue weighted by atomic mass is 10.1. The van der Waals surface area contributed by atoms with Crippen LogP contribution in [-0.2, 0) is 6.54 Å². The molecule has 0 radical (unpaired) electrons. The van der Waals surface area contributed by atoms with Gasteiger partial charge in [-0.1, -0.05) is 43.9 Å². The molecular formula is C11H20NS+. The molecule has 74 valence electrons. The van der Waals surface area contributed by atoms with Crippen LogP contribution in [0, 0.1) is 0 Å². The minimum absolute atomic E-state index is 1.20. The van der Waals surface area contributed by atoms with E-state index in [0.717, 1.165) is 0 Å². The highest BCUT2D eigenvalue weighted by atomic mass is 32.1. The molecule has 1 nitrogen and oxygen atoms in total. The van der Waals surface area contributed by atoms with Crippen molar-refractivity contribution in [3.63, 3.8) is 0 Å². The summed E-state index contributed by atoms with van der Waals surface area (Å²) in [6.45, 7) is 3.47. The standard InChI is InChI=1S/C11H20NS/c1-2-3-4-5-6-7-8-12-9-10-13-11-12/h9-11H,2-8H2,1H3/q+1. The van der Waals surface area contributed by atoms with Gasteiger partial charge in [-0.3, -0.25) is 0 Å². The van der Waals surface area contributed by atoms with Crippen LogP contribution in [0.1, 0.15) is 45.4 Å². The Morgan fingerprint density at radius 1 is 1.08 bits per heavy atom. The Morgan fingerprint density at radius 2 is 1.85 bits per heavy atom. The van der Waals surface area contributed by atoms with Gasteiger partial charge in [0.15, 0.2) is 6.20 Å². The van der Waals surface area contributed by atoms with Gasteiger partial charge in [0, 0.05) is 6.42 Å². The Bertz CT molecular complexity index is 194. The zero-order chi connectivity index (χ0) is 9.36. The second kappa shape index (κ2) is 7.07. The van der Waals surface area contributed by atoms with Crippen LogP contribution in [0.4, 0.5) is 0 Å². The molecule has 0 aromatic carbocycles. The van der Waals surface area contributed by atoms with Crippen molar-refractivity contribution in [2.45, 2.75) is 52.0 Å². The lowest BCUT2D eigenvalue weighted by Gasteiger charge is -1.96. The fourth-order valence-electron chi connectivity index (χ4n) is 1.46. The Balaban J connectivity index is 1.90. The monoisotopic (exact) mass is 198 g/mol. The number of rotatable bonds is 7.